The van der Waals surface area contributed by atoms with E-state index in [2.05, 4.69) is 19.1 Å². The normalized spacial score (nSPS) is 10.6. The van der Waals surface area contributed by atoms with Gasteiger partial charge in [0.1, 0.15) is 5.75 Å². The van der Waals surface area contributed by atoms with Crippen LogP contribution < -0.4 is 4.74 Å². The van der Waals surface area contributed by atoms with E-state index in [0.717, 1.165) is 62.5 Å². The average Bonchev–Trinajstić information content (AvgIpc) is 2.77. The van der Waals surface area contributed by atoms with E-state index in [4.69, 9.17) is 9.47 Å². The summed E-state index contributed by atoms with van der Waals surface area (Å²) < 4.78 is 10.6. The summed E-state index contributed by atoms with van der Waals surface area (Å²) in [5.41, 5.74) is 2.24. The molecule has 2 aromatic rings. The van der Waals surface area contributed by atoms with Crippen LogP contribution in [0.3, 0.4) is 0 Å². The van der Waals surface area contributed by atoms with E-state index >= 15 is 0 Å². The summed E-state index contributed by atoms with van der Waals surface area (Å²) in [6, 6.07) is 17.7. The fraction of sp³-hybridized carbons (Fsp3) is 0.462. The second kappa shape index (κ2) is 14.4. The monoisotopic (exact) mass is 410 g/mol. The topological polar surface area (TPSA) is 52.6 Å². The van der Waals surface area contributed by atoms with Gasteiger partial charge in [0.2, 0.25) is 0 Å². The second-order valence-corrected chi connectivity index (χ2v) is 7.56. The lowest BCUT2D eigenvalue weighted by atomic mass is 10.1. The van der Waals surface area contributed by atoms with Gasteiger partial charge < -0.3 is 9.47 Å². The highest BCUT2D eigenvalue weighted by Crippen LogP contribution is 2.22. The highest BCUT2D eigenvalue weighted by molar-refractivity contribution is 5.73. The summed E-state index contributed by atoms with van der Waals surface area (Å²) in [5, 5.41) is 0. The molecule has 2 rings (SSSR count). The highest BCUT2D eigenvalue weighted by atomic mass is 16.5. The van der Waals surface area contributed by atoms with Crippen LogP contribution in [-0.4, -0.2) is 18.5 Å². The molecule has 0 fully saturated rings. The molecular formula is C26H34O4. The summed E-state index contributed by atoms with van der Waals surface area (Å²) in [6.07, 6.45) is 8.83. The molecule has 0 saturated heterocycles. The van der Waals surface area contributed by atoms with Crippen LogP contribution in [0.1, 0.15) is 71.1 Å². The van der Waals surface area contributed by atoms with Crippen molar-refractivity contribution in [3.63, 3.8) is 0 Å². The zero-order valence-electron chi connectivity index (χ0n) is 18.1. The first-order valence-electron chi connectivity index (χ1n) is 11.2. The molecule has 0 amide bonds. The third kappa shape index (κ3) is 9.73. The molecule has 2 aromatic carbocycles. The lowest BCUT2D eigenvalue weighted by Gasteiger charge is -2.06. The van der Waals surface area contributed by atoms with Gasteiger partial charge in [-0.1, -0.05) is 81.5 Å². The van der Waals surface area contributed by atoms with Crippen molar-refractivity contribution >= 4 is 11.9 Å². The fourth-order valence-electron chi connectivity index (χ4n) is 3.18. The van der Waals surface area contributed by atoms with E-state index in [0.29, 0.717) is 25.2 Å². The summed E-state index contributed by atoms with van der Waals surface area (Å²) in [6.45, 7) is 2.62. The highest BCUT2D eigenvalue weighted by Gasteiger charge is 2.06. The Bertz CT molecular complexity index is 737. The van der Waals surface area contributed by atoms with Crippen LogP contribution in [0.5, 0.6) is 5.75 Å². The minimum atomic E-state index is -0.183. The van der Waals surface area contributed by atoms with Gasteiger partial charge in [0, 0.05) is 12.8 Å². The zero-order chi connectivity index (χ0) is 21.4. The molecule has 0 aliphatic rings. The number of esters is 2. The summed E-state index contributed by atoms with van der Waals surface area (Å²) in [4.78, 5) is 23.5. The maximum Gasteiger partial charge on any atom is 0.311 e. The van der Waals surface area contributed by atoms with Crippen LogP contribution in [0.4, 0.5) is 0 Å². The van der Waals surface area contributed by atoms with Gasteiger partial charge in [-0.3, -0.25) is 9.59 Å². The molecule has 0 radical (unpaired) electrons. The molecule has 0 aliphatic heterocycles. The molecule has 0 aliphatic carbocycles. The second-order valence-electron chi connectivity index (χ2n) is 7.56. The van der Waals surface area contributed by atoms with Gasteiger partial charge in [-0.05, 0) is 42.5 Å². The molecule has 0 spiro atoms. The SMILES string of the molecule is CCCCOC(=O)CCCCCCCCC(=O)Oc1ccc(-c2ccccc2)cc1. The first-order valence-corrected chi connectivity index (χ1v) is 11.2. The summed E-state index contributed by atoms with van der Waals surface area (Å²) in [5.74, 6) is 0.325. The van der Waals surface area contributed by atoms with Crippen molar-refractivity contribution in [1.29, 1.82) is 0 Å². The van der Waals surface area contributed by atoms with Crippen molar-refractivity contribution in [2.75, 3.05) is 6.61 Å². The minimum absolute atomic E-state index is 0.0806. The fourth-order valence-corrected chi connectivity index (χ4v) is 3.18. The smallest absolute Gasteiger partial charge is 0.311 e. The van der Waals surface area contributed by atoms with Crippen molar-refractivity contribution < 1.29 is 19.1 Å². The zero-order valence-corrected chi connectivity index (χ0v) is 18.1. The van der Waals surface area contributed by atoms with Crippen LogP contribution in [0.2, 0.25) is 0 Å². The van der Waals surface area contributed by atoms with Gasteiger partial charge in [-0.2, -0.15) is 0 Å². The molecule has 4 nitrogen and oxygen atoms in total. The Morgan fingerprint density at radius 2 is 1.23 bits per heavy atom. The molecule has 0 N–H and O–H groups in total. The van der Waals surface area contributed by atoms with Crippen molar-refractivity contribution in [3.05, 3.63) is 54.6 Å². The summed E-state index contributed by atoms with van der Waals surface area (Å²) in [7, 11) is 0. The predicted octanol–water partition coefficient (Wildman–Crippen LogP) is 6.72. The van der Waals surface area contributed by atoms with Gasteiger partial charge in [0.25, 0.3) is 0 Å². The lowest BCUT2D eigenvalue weighted by Crippen LogP contribution is -2.07. The van der Waals surface area contributed by atoms with Crippen LogP contribution in [-0.2, 0) is 14.3 Å². The molecule has 30 heavy (non-hydrogen) atoms. The molecule has 4 heteroatoms. The Labute approximate surface area is 180 Å². The Morgan fingerprint density at radius 1 is 0.667 bits per heavy atom. The molecule has 162 valence electrons. The van der Waals surface area contributed by atoms with Gasteiger partial charge in [0.15, 0.2) is 0 Å². The van der Waals surface area contributed by atoms with Crippen LogP contribution in [0, 0.1) is 0 Å². The molecule has 0 aromatic heterocycles. The standard InChI is InChI=1S/C26H34O4/c1-2-3-21-29-25(27)15-11-6-4-5-7-12-16-26(28)30-24-19-17-23(18-20-24)22-13-9-8-10-14-22/h8-10,13-14,17-20H,2-7,11-12,15-16,21H2,1H3. The van der Waals surface area contributed by atoms with Crippen molar-refractivity contribution in [2.45, 2.75) is 71.1 Å². The number of rotatable bonds is 14. The molecule has 0 heterocycles. The maximum absolute atomic E-state index is 12.0. The van der Waals surface area contributed by atoms with Gasteiger partial charge in [0.05, 0.1) is 6.61 Å². The van der Waals surface area contributed by atoms with E-state index in [1.165, 1.54) is 0 Å². The van der Waals surface area contributed by atoms with Gasteiger partial charge >= 0.3 is 11.9 Å². The van der Waals surface area contributed by atoms with Crippen molar-refractivity contribution in [2.24, 2.45) is 0 Å². The third-order valence-electron chi connectivity index (χ3n) is 4.97. The quantitative estimate of drug-likeness (QED) is 0.197. The van der Waals surface area contributed by atoms with Crippen molar-refractivity contribution in [1.82, 2.24) is 0 Å². The van der Waals surface area contributed by atoms with Gasteiger partial charge in [-0.25, -0.2) is 0 Å². The van der Waals surface area contributed by atoms with E-state index in [1.807, 2.05) is 42.5 Å². The third-order valence-corrected chi connectivity index (χ3v) is 4.97. The number of hydrogen-bond donors (Lipinski definition) is 0. The molecule has 0 unspecified atom stereocenters. The average molecular weight is 411 g/mol. The Hall–Kier alpha value is -2.62. The number of carbonyl (C=O) groups excluding carboxylic acids is 2. The van der Waals surface area contributed by atoms with Crippen LogP contribution in [0.25, 0.3) is 11.1 Å². The van der Waals surface area contributed by atoms with E-state index in [1.54, 1.807) is 0 Å². The molecule has 0 atom stereocenters. The van der Waals surface area contributed by atoms with Crippen molar-refractivity contribution in [3.8, 4) is 16.9 Å². The minimum Gasteiger partial charge on any atom is -0.466 e. The Morgan fingerprint density at radius 3 is 1.87 bits per heavy atom. The number of unbranched alkanes of at least 4 members (excludes halogenated alkanes) is 6. The number of carbonyl (C=O) groups is 2. The van der Waals surface area contributed by atoms with E-state index in [-0.39, 0.29) is 11.9 Å². The Kier molecular flexibility index (Phi) is 11.3. The summed E-state index contributed by atoms with van der Waals surface area (Å²) >= 11 is 0. The Balaban J connectivity index is 1.51. The first-order chi connectivity index (χ1) is 14.7. The van der Waals surface area contributed by atoms with Crippen LogP contribution >= 0.6 is 0 Å². The molecule has 0 bridgehead atoms. The number of benzene rings is 2. The van der Waals surface area contributed by atoms with Gasteiger partial charge in [-0.15, -0.1) is 0 Å². The first kappa shape index (κ1) is 23.7. The van der Waals surface area contributed by atoms with E-state index < -0.39 is 0 Å². The van der Waals surface area contributed by atoms with E-state index in [9.17, 15) is 9.59 Å². The number of hydrogen-bond acceptors (Lipinski definition) is 4. The molecular weight excluding hydrogens is 376 g/mol. The van der Waals surface area contributed by atoms with Crippen LogP contribution in [0.15, 0.2) is 54.6 Å². The lowest BCUT2D eigenvalue weighted by molar-refractivity contribution is -0.144. The predicted molar refractivity (Wildman–Crippen MR) is 120 cm³/mol. The molecule has 0 saturated carbocycles. The largest absolute Gasteiger partial charge is 0.466 e. The number of ether oxygens (including phenoxy) is 2. The maximum atomic E-state index is 12.0.